The van der Waals surface area contributed by atoms with Gasteiger partial charge in [-0.3, -0.25) is 4.98 Å². The minimum Gasteiger partial charge on any atom is -0.338 e. The molecule has 1 aromatic heterocycles. The third-order valence-electron chi connectivity index (χ3n) is 4.34. The Hall–Kier alpha value is -2.36. The van der Waals surface area contributed by atoms with E-state index < -0.39 is 0 Å². The molecule has 0 bridgehead atoms. The molecular formula is C19H25N3O. The molecule has 0 aliphatic carbocycles. The smallest absolute Gasteiger partial charge is 0.315 e. The summed E-state index contributed by atoms with van der Waals surface area (Å²) in [4.78, 5) is 16.3. The maximum Gasteiger partial charge on any atom is 0.315 e. The number of aromatic nitrogens is 1. The quantitative estimate of drug-likeness (QED) is 0.860. The van der Waals surface area contributed by atoms with Gasteiger partial charge in [-0.25, -0.2) is 4.79 Å². The lowest BCUT2D eigenvalue weighted by molar-refractivity contribution is 0.231. The lowest BCUT2D eigenvalue weighted by Gasteiger charge is -2.33. The van der Waals surface area contributed by atoms with Crippen LogP contribution in [0.15, 0.2) is 54.7 Å². The predicted molar refractivity (Wildman–Crippen MR) is 93.4 cm³/mol. The first kappa shape index (κ1) is 17.0. The highest BCUT2D eigenvalue weighted by Crippen LogP contribution is 2.26. The van der Waals surface area contributed by atoms with Crippen molar-refractivity contribution in [2.24, 2.45) is 0 Å². The third kappa shape index (κ3) is 4.81. The summed E-state index contributed by atoms with van der Waals surface area (Å²) in [6.07, 6.45) is 2.49. The Labute approximate surface area is 138 Å². The first-order valence-electron chi connectivity index (χ1n) is 8.00. The zero-order valence-corrected chi connectivity index (χ0v) is 14.0. The third-order valence-corrected chi connectivity index (χ3v) is 4.34. The Balaban J connectivity index is 1.82. The van der Waals surface area contributed by atoms with Crippen LogP contribution in [0.2, 0.25) is 0 Å². The molecule has 0 saturated carbocycles. The van der Waals surface area contributed by atoms with Crippen LogP contribution in [0.5, 0.6) is 0 Å². The molecule has 2 aromatic rings. The molecule has 1 unspecified atom stereocenters. The van der Waals surface area contributed by atoms with E-state index in [-0.39, 0.29) is 17.5 Å². The standard InChI is InChI=1S/C19H25N3O/c1-15(19(2,3)16-9-5-4-6-10-16)22-18(23)21-14-12-17-11-7-8-13-20-17/h4-11,13,15H,12,14H2,1-3H3,(H2,21,22,23). The van der Waals surface area contributed by atoms with Crippen molar-refractivity contribution in [3.63, 3.8) is 0 Å². The summed E-state index contributed by atoms with van der Waals surface area (Å²) in [5.74, 6) is 0. The van der Waals surface area contributed by atoms with Gasteiger partial charge in [-0.1, -0.05) is 50.2 Å². The number of nitrogens with zero attached hydrogens (tertiary/aromatic N) is 1. The van der Waals surface area contributed by atoms with Gasteiger partial charge in [0.2, 0.25) is 0 Å². The van der Waals surface area contributed by atoms with Crippen molar-refractivity contribution in [3.05, 3.63) is 66.0 Å². The summed E-state index contributed by atoms with van der Waals surface area (Å²) in [5.41, 5.74) is 2.05. The topological polar surface area (TPSA) is 54.0 Å². The van der Waals surface area contributed by atoms with Crippen molar-refractivity contribution in [2.75, 3.05) is 6.54 Å². The Morgan fingerprint density at radius 1 is 1.13 bits per heavy atom. The number of rotatable bonds is 6. The number of carbonyl (C=O) groups excluding carboxylic acids is 1. The van der Waals surface area contributed by atoms with Crippen LogP contribution in [0.3, 0.4) is 0 Å². The van der Waals surface area contributed by atoms with Gasteiger partial charge >= 0.3 is 6.03 Å². The van der Waals surface area contributed by atoms with Crippen molar-refractivity contribution >= 4 is 6.03 Å². The average Bonchev–Trinajstić information content (AvgIpc) is 2.56. The zero-order valence-electron chi connectivity index (χ0n) is 14.0. The van der Waals surface area contributed by atoms with Gasteiger partial charge in [0.25, 0.3) is 0 Å². The largest absolute Gasteiger partial charge is 0.338 e. The monoisotopic (exact) mass is 311 g/mol. The normalized spacial score (nSPS) is 12.5. The number of amides is 2. The van der Waals surface area contributed by atoms with E-state index in [2.05, 4.69) is 41.6 Å². The van der Waals surface area contributed by atoms with Gasteiger partial charge in [-0.2, -0.15) is 0 Å². The Morgan fingerprint density at radius 2 is 1.83 bits per heavy atom. The summed E-state index contributed by atoms with van der Waals surface area (Å²) < 4.78 is 0. The molecule has 4 nitrogen and oxygen atoms in total. The predicted octanol–water partition coefficient (Wildman–Crippen LogP) is 3.29. The molecule has 4 heteroatoms. The zero-order chi connectivity index (χ0) is 16.7. The lowest BCUT2D eigenvalue weighted by Crippen LogP contribution is -2.49. The van der Waals surface area contributed by atoms with Crippen LogP contribution in [-0.4, -0.2) is 23.6 Å². The molecule has 1 heterocycles. The summed E-state index contributed by atoms with van der Waals surface area (Å²) in [5, 5.41) is 5.93. The summed E-state index contributed by atoms with van der Waals surface area (Å²) in [7, 11) is 0. The van der Waals surface area contributed by atoms with Gasteiger partial charge in [0, 0.05) is 36.3 Å². The Morgan fingerprint density at radius 3 is 2.48 bits per heavy atom. The van der Waals surface area contributed by atoms with E-state index in [4.69, 9.17) is 0 Å². The number of urea groups is 1. The fourth-order valence-corrected chi connectivity index (χ4v) is 2.40. The van der Waals surface area contributed by atoms with E-state index in [0.29, 0.717) is 6.54 Å². The van der Waals surface area contributed by atoms with E-state index >= 15 is 0 Å². The maximum atomic E-state index is 12.1. The van der Waals surface area contributed by atoms with Gasteiger partial charge in [-0.15, -0.1) is 0 Å². The fraction of sp³-hybridized carbons (Fsp3) is 0.368. The van der Waals surface area contributed by atoms with Gasteiger partial charge in [0.15, 0.2) is 0 Å². The van der Waals surface area contributed by atoms with E-state index in [0.717, 1.165) is 12.1 Å². The van der Waals surface area contributed by atoms with Crippen molar-refractivity contribution < 1.29 is 4.79 Å². The Bertz CT molecular complexity index is 611. The van der Waals surface area contributed by atoms with Crippen LogP contribution < -0.4 is 10.6 Å². The molecule has 1 atom stereocenters. The second-order valence-electron chi connectivity index (χ2n) is 6.28. The van der Waals surface area contributed by atoms with Crippen molar-refractivity contribution in [2.45, 2.75) is 38.6 Å². The van der Waals surface area contributed by atoms with Gasteiger partial charge in [0.05, 0.1) is 0 Å². The van der Waals surface area contributed by atoms with Gasteiger partial charge in [0.1, 0.15) is 0 Å². The molecule has 23 heavy (non-hydrogen) atoms. The summed E-state index contributed by atoms with van der Waals surface area (Å²) >= 11 is 0. The molecule has 2 amide bonds. The average molecular weight is 311 g/mol. The molecule has 122 valence electrons. The number of carbonyl (C=O) groups is 1. The van der Waals surface area contributed by atoms with Crippen LogP contribution in [0.1, 0.15) is 32.0 Å². The Kier molecular flexibility index (Phi) is 5.74. The van der Waals surface area contributed by atoms with Crippen LogP contribution in [0.25, 0.3) is 0 Å². The van der Waals surface area contributed by atoms with E-state index in [1.54, 1.807) is 6.20 Å². The number of hydrogen-bond acceptors (Lipinski definition) is 2. The first-order valence-corrected chi connectivity index (χ1v) is 8.00. The second-order valence-corrected chi connectivity index (χ2v) is 6.28. The van der Waals surface area contributed by atoms with Crippen LogP contribution >= 0.6 is 0 Å². The van der Waals surface area contributed by atoms with Crippen LogP contribution in [-0.2, 0) is 11.8 Å². The van der Waals surface area contributed by atoms with E-state index in [1.807, 2.05) is 43.3 Å². The molecule has 0 fully saturated rings. The molecule has 2 N–H and O–H groups in total. The van der Waals surface area contributed by atoms with E-state index in [9.17, 15) is 4.79 Å². The van der Waals surface area contributed by atoms with Gasteiger partial charge in [-0.05, 0) is 24.6 Å². The van der Waals surface area contributed by atoms with E-state index in [1.165, 1.54) is 5.56 Å². The first-order chi connectivity index (χ1) is 11.0. The number of benzene rings is 1. The number of nitrogens with one attached hydrogen (secondary N) is 2. The number of hydrogen-bond donors (Lipinski definition) is 2. The molecule has 1 aromatic carbocycles. The van der Waals surface area contributed by atoms with Crippen molar-refractivity contribution in [1.29, 1.82) is 0 Å². The lowest BCUT2D eigenvalue weighted by atomic mass is 9.78. The molecule has 0 spiro atoms. The van der Waals surface area contributed by atoms with Crippen LogP contribution in [0, 0.1) is 0 Å². The summed E-state index contributed by atoms with van der Waals surface area (Å²) in [6, 6.07) is 15.9. The highest BCUT2D eigenvalue weighted by atomic mass is 16.2. The molecule has 0 saturated heterocycles. The fourth-order valence-electron chi connectivity index (χ4n) is 2.40. The molecule has 2 rings (SSSR count). The van der Waals surface area contributed by atoms with Crippen molar-refractivity contribution in [1.82, 2.24) is 15.6 Å². The minimum atomic E-state index is -0.141. The SMILES string of the molecule is CC(NC(=O)NCCc1ccccn1)C(C)(C)c1ccccc1. The van der Waals surface area contributed by atoms with Gasteiger partial charge < -0.3 is 10.6 Å². The maximum absolute atomic E-state index is 12.1. The number of pyridine rings is 1. The summed E-state index contributed by atoms with van der Waals surface area (Å²) in [6.45, 7) is 6.88. The second kappa shape index (κ2) is 7.77. The van der Waals surface area contributed by atoms with Crippen LogP contribution in [0.4, 0.5) is 4.79 Å². The molecule has 0 aliphatic heterocycles. The molecule has 0 aliphatic rings. The molecule has 0 radical (unpaired) electrons. The van der Waals surface area contributed by atoms with Crippen molar-refractivity contribution in [3.8, 4) is 0 Å². The minimum absolute atomic E-state index is 0.0137. The highest BCUT2D eigenvalue weighted by Gasteiger charge is 2.28. The highest BCUT2D eigenvalue weighted by molar-refractivity contribution is 5.74. The molecular weight excluding hydrogens is 286 g/mol.